The average molecular weight is 558 g/mol. The molecule has 0 saturated carbocycles. The van der Waals surface area contributed by atoms with Crippen LogP contribution in [0.15, 0.2) is 29.1 Å². The molecule has 3 aromatic rings. The van der Waals surface area contributed by atoms with Crippen LogP contribution in [0, 0.1) is 0 Å². The molecule has 2 aliphatic heterocycles. The van der Waals surface area contributed by atoms with E-state index in [2.05, 4.69) is 4.90 Å². The largest absolute Gasteiger partial charge is 0.493 e. The smallest absolute Gasteiger partial charge is 0.259 e. The van der Waals surface area contributed by atoms with Crippen molar-refractivity contribution in [3.05, 3.63) is 45.7 Å². The molecule has 11 heteroatoms. The Morgan fingerprint density at radius 3 is 2.36 bits per heavy atom. The van der Waals surface area contributed by atoms with Crippen molar-refractivity contribution >= 4 is 29.0 Å². The van der Waals surface area contributed by atoms with Gasteiger partial charge in [0.25, 0.3) is 5.56 Å². The number of rotatable bonds is 9. The third kappa shape index (κ3) is 4.82. The van der Waals surface area contributed by atoms with E-state index in [-0.39, 0.29) is 30.5 Å². The van der Waals surface area contributed by atoms with Gasteiger partial charge in [-0.25, -0.2) is 0 Å². The van der Waals surface area contributed by atoms with E-state index in [1.54, 1.807) is 22.8 Å². The van der Waals surface area contributed by atoms with E-state index in [4.69, 9.17) is 29.4 Å². The Hall–Kier alpha value is -3.31. The number of nitrogens with two attached hydrogens (primary N) is 1. The highest BCUT2D eigenvalue weighted by atomic mass is 35.5. The monoisotopic (exact) mass is 557 g/mol. The van der Waals surface area contributed by atoms with E-state index in [0.717, 1.165) is 39.3 Å². The van der Waals surface area contributed by atoms with Crippen LogP contribution < -0.4 is 30.2 Å². The van der Waals surface area contributed by atoms with Crippen molar-refractivity contribution in [3.63, 3.8) is 0 Å². The van der Waals surface area contributed by atoms with Crippen LogP contribution in [0.4, 0.5) is 0 Å². The Labute approximate surface area is 231 Å². The number of pyridine rings is 1. The molecule has 0 unspecified atom stereocenters. The Morgan fingerprint density at radius 2 is 1.64 bits per heavy atom. The second-order valence-corrected chi connectivity index (χ2v) is 9.61. The van der Waals surface area contributed by atoms with Crippen molar-refractivity contribution in [2.24, 2.45) is 5.73 Å². The van der Waals surface area contributed by atoms with Crippen LogP contribution in [-0.2, 0) is 11.3 Å². The molecule has 3 heterocycles. The van der Waals surface area contributed by atoms with Gasteiger partial charge in [0.15, 0.2) is 28.8 Å². The minimum Gasteiger partial charge on any atom is -0.493 e. The van der Waals surface area contributed by atoms with Crippen molar-refractivity contribution < 1.29 is 28.5 Å². The topological polar surface area (TPSA) is 114 Å². The van der Waals surface area contributed by atoms with E-state index < -0.39 is 0 Å². The first-order chi connectivity index (χ1) is 18.6. The maximum absolute atomic E-state index is 14.0. The van der Waals surface area contributed by atoms with Crippen LogP contribution in [0.25, 0.3) is 22.0 Å². The van der Waals surface area contributed by atoms with Crippen LogP contribution in [-0.4, -0.2) is 75.2 Å². The summed E-state index contributed by atoms with van der Waals surface area (Å²) >= 11 is 0. The maximum Gasteiger partial charge on any atom is 0.259 e. The van der Waals surface area contributed by atoms with E-state index in [9.17, 15) is 9.59 Å². The van der Waals surface area contributed by atoms with Gasteiger partial charge < -0.3 is 34.0 Å². The molecular weight excluding hydrogens is 526 g/mol. The molecule has 6 rings (SSSR count). The number of ether oxygens (including phenoxy) is 5. The lowest BCUT2D eigenvalue weighted by Crippen LogP contribution is -2.37. The summed E-state index contributed by atoms with van der Waals surface area (Å²) in [5, 5.41) is 0.959. The second kappa shape index (κ2) is 11.4. The summed E-state index contributed by atoms with van der Waals surface area (Å²) in [6.45, 7) is 5.48. The highest BCUT2D eigenvalue weighted by molar-refractivity contribution is 6.27. The fraction of sp³-hybridized carbons (Fsp3) is 0.429. The van der Waals surface area contributed by atoms with Gasteiger partial charge in [0.1, 0.15) is 0 Å². The molecule has 208 valence electrons. The SMILES string of the molecule is COc1cc2c(=O)n(CCCN3CCOCC3)c3c(c2cc1OCCCN)C(=O)c1cc2c(cc1-3)OCO2.Cl. The third-order valence-corrected chi connectivity index (χ3v) is 7.36. The van der Waals surface area contributed by atoms with Crippen molar-refractivity contribution in [1.82, 2.24) is 9.47 Å². The van der Waals surface area contributed by atoms with Gasteiger partial charge in [-0.1, -0.05) is 0 Å². The van der Waals surface area contributed by atoms with Crippen molar-refractivity contribution in [2.45, 2.75) is 19.4 Å². The van der Waals surface area contributed by atoms with Crippen LogP contribution in [0.5, 0.6) is 23.0 Å². The molecule has 0 bridgehead atoms. The first kappa shape index (κ1) is 27.3. The summed E-state index contributed by atoms with van der Waals surface area (Å²) in [6, 6.07) is 6.95. The van der Waals surface area contributed by atoms with Crippen LogP contribution in [0.1, 0.15) is 28.8 Å². The minimum absolute atomic E-state index is 0. The first-order valence-corrected chi connectivity index (χ1v) is 13.0. The predicted molar refractivity (Wildman–Crippen MR) is 148 cm³/mol. The first-order valence-electron chi connectivity index (χ1n) is 13.0. The molecule has 0 spiro atoms. The number of nitrogens with zero attached hydrogens (tertiary/aromatic N) is 2. The number of carbonyl (C=O) groups is 1. The number of hydrogen-bond donors (Lipinski definition) is 1. The van der Waals surface area contributed by atoms with Gasteiger partial charge in [-0.2, -0.15) is 0 Å². The highest BCUT2D eigenvalue weighted by Crippen LogP contribution is 2.47. The zero-order chi connectivity index (χ0) is 26.2. The van der Waals surface area contributed by atoms with Gasteiger partial charge in [-0.3, -0.25) is 14.5 Å². The van der Waals surface area contributed by atoms with Gasteiger partial charge in [0.05, 0.1) is 43.6 Å². The van der Waals surface area contributed by atoms with E-state index >= 15 is 0 Å². The zero-order valence-corrected chi connectivity index (χ0v) is 22.6. The normalized spacial score (nSPS) is 15.7. The van der Waals surface area contributed by atoms with Crippen LogP contribution in [0.3, 0.4) is 0 Å². The minimum atomic E-state index is -0.175. The fourth-order valence-electron chi connectivity index (χ4n) is 5.45. The van der Waals surface area contributed by atoms with E-state index in [0.29, 0.717) is 82.3 Å². The number of halogens is 1. The third-order valence-electron chi connectivity index (χ3n) is 7.36. The number of carbonyl (C=O) groups excluding carboxylic acids is 1. The lowest BCUT2D eigenvalue weighted by Gasteiger charge is -2.26. The zero-order valence-electron chi connectivity index (χ0n) is 21.8. The molecular formula is C28H32ClN3O7. The van der Waals surface area contributed by atoms with Gasteiger partial charge in [0.2, 0.25) is 6.79 Å². The fourth-order valence-corrected chi connectivity index (χ4v) is 5.45. The molecule has 1 aliphatic carbocycles. The second-order valence-electron chi connectivity index (χ2n) is 9.61. The summed E-state index contributed by atoms with van der Waals surface area (Å²) in [5.41, 5.74) is 7.73. The molecule has 3 aliphatic rings. The molecule has 1 fully saturated rings. The van der Waals surface area contributed by atoms with Crippen molar-refractivity contribution in [2.75, 3.05) is 59.9 Å². The standard InChI is InChI=1S/C28H31N3O7.ClH/c1-34-21-15-20-17(12-22(21)36-9-2-4-29)25-26(18-13-23-24(38-16-37-23)14-19(18)27(25)32)31(28(20)33)6-3-5-30-7-10-35-11-8-30;/h12-15H,2-11,16,29H2,1H3;1H. The highest BCUT2D eigenvalue weighted by Gasteiger charge is 2.35. The number of methoxy groups -OCH3 is 1. The summed E-state index contributed by atoms with van der Waals surface area (Å²) in [5.74, 6) is 1.85. The lowest BCUT2D eigenvalue weighted by molar-refractivity contribution is 0.0369. The predicted octanol–water partition coefficient (Wildman–Crippen LogP) is 2.82. The number of fused-ring (bicyclic) bond motifs is 6. The number of hydrogen-bond acceptors (Lipinski definition) is 9. The molecule has 10 nitrogen and oxygen atoms in total. The number of benzene rings is 2. The number of ketones is 1. The maximum atomic E-state index is 14.0. The molecule has 0 amide bonds. The number of morpholine rings is 1. The quantitative estimate of drug-likeness (QED) is 0.310. The van der Waals surface area contributed by atoms with Crippen molar-refractivity contribution in [1.29, 1.82) is 0 Å². The van der Waals surface area contributed by atoms with Crippen LogP contribution >= 0.6 is 12.4 Å². The molecule has 2 N–H and O–H groups in total. The molecule has 2 aromatic carbocycles. The van der Waals surface area contributed by atoms with E-state index in [1.165, 1.54) is 7.11 Å². The average Bonchev–Trinajstić information content (AvgIpc) is 3.51. The Bertz CT molecular complexity index is 1470. The summed E-state index contributed by atoms with van der Waals surface area (Å²) < 4.78 is 29.8. The Kier molecular flexibility index (Phi) is 7.99. The van der Waals surface area contributed by atoms with Crippen LogP contribution in [0.2, 0.25) is 0 Å². The Morgan fingerprint density at radius 1 is 0.923 bits per heavy atom. The van der Waals surface area contributed by atoms with Gasteiger partial charge in [-0.15, -0.1) is 12.4 Å². The summed E-state index contributed by atoms with van der Waals surface area (Å²) in [6.07, 6.45) is 1.42. The van der Waals surface area contributed by atoms with Gasteiger partial charge in [0, 0.05) is 42.7 Å². The molecule has 1 aromatic heterocycles. The molecule has 0 atom stereocenters. The molecule has 1 saturated heterocycles. The molecule has 39 heavy (non-hydrogen) atoms. The Balaban J connectivity index is 0.00000308. The van der Waals surface area contributed by atoms with Crippen molar-refractivity contribution in [3.8, 4) is 34.3 Å². The lowest BCUT2D eigenvalue weighted by atomic mass is 10.0. The summed E-state index contributed by atoms with van der Waals surface area (Å²) in [7, 11) is 1.54. The molecule has 0 radical (unpaired) electrons. The van der Waals surface area contributed by atoms with Gasteiger partial charge in [-0.05, 0) is 43.7 Å². The number of aromatic nitrogens is 1. The summed E-state index contributed by atoms with van der Waals surface area (Å²) in [4.78, 5) is 30.2. The van der Waals surface area contributed by atoms with Gasteiger partial charge >= 0.3 is 0 Å². The van der Waals surface area contributed by atoms with E-state index in [1.807, 2.05) is 6.07 Å².